The van der Waals surface area contributed by atoms with Crippen molar-refractivity contribution in [2.75, 3.05) is 12.3 Å². The summed E-state index contributed by atoms with van der Waals surface area (Å²) in [6, 6.07) is 4.05. The highest BCUT2D eigenvalue weighted by molar-refractivity contribution is 5.95. The van der Waals surface area contributed by atoms with Crippen LogP contribution in [0.2, 0.25) is 0 Å². The van der Waals surface area contributed by atoms with Crippen LogP contribution in [0, 0.1) is 11.7 Å². The molecule has 0 aliphatic heterocycles. The van der Waals surface area contributed by atoms with Crippen molar-refractivity contribution in [3.05, 3.63) is 29.6 Å². The summed E-state index contributed by atoms with van der Waals surface area (Å²) in [5.74, 6) is -0.0836. The van der Waals surface area contributed by atoms with E-state index >= 15 is 0 Å². The Morgan fingerprint density at radius 2 is 2.11 bits per heavy atom. The van der Waals surface area contributed by atoms with Crippen molar-refractivity contribution >= 4 is 11.6 Å². The van der Waals surface area contributed by atoms with E-state index in [2.05, 4.69) is 5.32 Å². The highest BCUT2D eigenvalue weighted by Crippen LogP contribution is 2.28. The van der Waals surface area contributed by atoms with Crippen LogP contribution in [0.4, 0.5) is 10.1 Å². The first-order chi connectivity index (χ1) is 9.16. The van der Waals surface area contributed by atoms with Gasteiger partial charge < -0.3 is 11.1 Å². The Bertz CT molecular complexity index is 442. The molecule has 1 aliphatic carbocycles. The molecule has 2 rings (SSSR count). The molecule has 0 unspecified atom stereocenters. The van der Waals surface area contributed by atoms with Crippen LogP contribution in [-0.2, 0) is 0 Å². The van der Waals surface area contributed by atoms with E-state index in [1.807, 2.05) is 0 Å². The van der Waals surface area contributed by atoms with Crippen LogP contribution < -0.4 is 11.1 Å². The number of nitrogen functional groups attached to an aromatic ring is 1. The second kappa shape index (κ2) is 6.55. The first kappa shape index (κ1) is 13.8. The van der Waals surface area contributed by atoms with E-state index < -0.39 is 5.82 Å². The van der Waals surface area contributed by atoms with Gasteiger partial charge in [-0.15, -0.1) is 0 Å². The quantitative estimate of drug-likeness (QED) is 0.634. The highest BCUT2D eigenvalue weighted by Gasteiger charge is 2.15. The van der Waals surface area contributed by atoms with Crippen LogP contribution in [0.25, 0.3) is 0 Å². The number of hydrogen-bond acceptors (Lipinski definition) is 2. The minimum absolute atomic E-state index is 0.0286. The van der Waals surface area contributed by atoms with Gasteiger partial charge in [-0.05, 0) is 37.0 Å². The van der Waals surface area contributed by atoms with Gasteiger partial charge in [0, 0.05) is 12.2 Å². The lowest BCUT2D eigenvalue weighted by molar-refractivity contribution is 0.0948. The van der Waals surface area contributed by atoms with Crippen molar-refractivity contribution in [1.29, 1.82) is 0 Å². The third-order valence-electron chi connectivity index (χ3n) is 3.78. The summed E-state index contributed by atoms with van der Waals surface area (Å²) in [6.07, 6.45) is 7.42. The van der Waals surface area contributed by atoms with Crippen molar-refractivity contribution < 1.29 is 9.18 Å². The lowest BCUT2D eigenvalue weighted by atomic mass is 10.0. The second-order valence-corrected chi connectivity index (χ2v) is 5.29. The molecule has 4 heteroatoms. The molecule has 0 saturated heterocycles. The molecule has 3 nitrogen and oxygen atoms in total. The van der Waals surface area contributed by atoms with Gasteiger partial charge in [-0.2, -0.15) is 0 Å². The maximum atomic E-state index is 13.5. The van der Waals surface area contributed by atoms with Crippen LogP contribution in [0.15, 0.2) is 18.2 Å². The molecular formula is C15H21FN2O. The standard InChI is InChI=1S/C15H21FN2O/c16-14-8-7-12(17)10-13(14)15(19)18-9-3-6-11-4-1-2-5-11/h7-8,10-11H,1-6,9,17H2,(H,18,19). The predicted octanol–water partition coefficient (Wildman–Crippen LogP) is 3.11. The van der Waals surface area contributed by atoms with Crippen molar-refractivity contribution in [2.24, 2.45) is 5.92 Å². The number of anilines is 1. The fourth-order valence-electron chi connectivity index (χ4n) is 2.70. The molecule has 0 aromatic heterocycles. The molecule has 0 spiro atoms. The number of nitrogens with one attached hydrogen (secondary N) is 1. The number of hydrogen-bond donors (Lipinski definition) is 2. The van der Waals surface area contributed by atoms with E-state index in [-0.39, 0.29) is 11.5 Å². The van der Waals surface area contributed by atoms with Gasteiger partial charge in [0.2, 0.25) is 0 Å². The van der Waals surface area contributed by atoms with Crippen LogP contribution in [0.1, 0.15) is 48.9 Å². The van der Waals surface area contributed by atoms with Crippen molar-refractivity contribution in [1.82, 2.24) is 5.32 Å². The van der Waals surface area contributed by atoms with Gasteiger partial charge in [0.05, 0.1) is 5.56 Å². The van der Waals surface area contributed by atoms with Gasteiger partial charge in [0.25, 0.3) is 5.91 Å². The summed E-state index contributed by atoms with van der Waals surface area (Å²) >= 11 is 0. The number of nitrogens with two attached hydrogens (primary N) is 1. The van der Waals surface area contributed by atoms with Crippen molar-refractivity contribution in [3.8, 4) is 0 Å². The molecular weight excluding hydrogens is 243 g/mol. The van der Waals surface area contributed by atoms with Gasteiger partial charge in [-0.1, -0.05) is 25.7 Å². The SMILES string of the molecule is Nc1ccc(F)c(C(=O)NCCCC2CCCC2)c1. The zero-order valence-corrected chi connectivity index (χ0v) is 11.1. The average molecular weight is 264 g/mol. The summed E-state index contributed by atoms with van der Waals surface area (Å²) in [5.41, 5.74) is 5.99. The molecule has 0 heterocycles. The molecule has 104 valence electrons. The number of benzene rings is 1. The molecule has 1 aromatic rings. The number of amides is 1. The topological polar surface area (TPSA) is 55.1 Å². The van der Waals surface area contributed by atoms with E-state index in [0.717, 1.165) is 18.8 Å². The van der Waals surface area contributed by atoms with Gasteiger partial charge in [-0.3, -0.25) is 4.79 Å². The summed E-state index contributed by atoms with van der Waals surface area (Å²) in [7, 11) is 0. The second-order valence-electron chi connectivity index (χ2n) is 5.29. The molecule has 0 bridgehead atoms. The monoisotopic (exact) mass is 264 g/mol. The molecule has 3 N–H and O–H groups in total. The Morgan fingerprint density at radius 1 is 1.37 bits per heavy atom. The van der Waals surface area contributed by atoms with E-state index in [1.54, 1.807) is 0 Å². The maximum Gasteiger partial charge on any atom is 0.254 e. The minimum Gasteiger partial charge on any atom is -0.399 e. The number of rotatable bonds is 5. The van der Waals surface area contributed by atoms with Crippen molar-refractivity contribution in [2.45, 2.75) is 38.5 Å². The Morgan fingerprint density at radius 3 is 2.84 bits per heavy atom. The van der Waals surface area contributed by atoms with Crippen LogP contribution in [0.5, 0.6) is 0 Å². The average Bonchev–Trinajstić information content (AvgIpc) is 2.90. The lowest BCUT2D eigenvalue weighted by Gasteiger charge is -2.10. The van der Waals surface area contributed by atoms with E-state index in [4.69, 9.17) is 5.73 Å². The molecule has 1 saturated carbocycles. The first-order valence-electron chi connectivity index (χ1n) is 7.00. The summed E-state index contributed by atoms with van der Waals surface area (Å²) in [6.45, 7) is 0.601. The summed E-state index contributed by atoms with van der Waals surface area (Å²) in [4.78, 5) is 11.8. The third kappa shape index (κ3) is 3.94. The van der Waals surface area contributed by atoms with E-state index in [0.29, 0.717) is 12.2 Å². The zero-order chi connectivity index (χ0) is 13.7. The van der Waals surface area contributed by atoms with Crippen LogP contribution in [-0.4, -0.2) is 12.5 Å². The smallest absolute Gasteiger partial charge is 0.254 e. The Kier molecular flexibility index (Phi) is 4.77. The number of halogens is 1. The van der Waals surface area contributed by atoms with Crippen LogP contribution >= 0.6 is 0 Å². The van der Waals surface area contributed by atoms with Crippen LogP contribution in [0.3, 0.4) is 0 Å². The van der Waals surface area contributed by atoms with Gasteiger partial charge in [0.1, 0.15) is 5.82 Å². The lowest BCUT2D eigenvalue weighted by Crippen LogP contribution is -2.25. The normalized spacial score (nSPS) is 15.6. The molecule has 1 amide bonds. The Hall–Kier alpha value is -1.58. The van der Waals surface area contributed by atoms with E-state index in [9.17, 15) is 9.18 Å². The zero-order valence-electron chi connectivity index (χ0n) is 11.1. The fourth-order valence-corrected chi connectivity index (χ4v) is 2.70. The molecule has 0 radical (unpaired) electrons. The van der Waals surface area contributed by atoms with Crippen molar-refractivity contribution in [3.63, 3.8) is 0 Å². The maximum absolute atomic E-state index is 13.5. The van der Waals surface area contributed by atoms with E-state index in [1.165, 1.54) is 43.9 Å². The van der Waals surface area contributed by atoms with Gasteiger partial charge in [0.15, 0.2) is 0 Å². The largest absolute Gasteiger partial charge is 0.399 e. The minimum atomic E-state index is -0.525. The number of carbonyl (C=O) groups is 1. The summed E-state index contributed by atoms with van der Waals surface area (Å²) < 4.78 is 13.5. The van der Waals surface area contributed by atoms with Gasteiger partial charge in [-0.25, -0.2) is 4.39 Å². The molecule has 1 aliphatic rings. The number of carbonyl (C=O) groups excluding carboxylic acids is 1. The first-order valence-corrected chi connectivity index (χ1v) is 7.00. The molecule has 1 fully saturated rings. The highest BCUT2D eigenvalue weighted by atomic mass is 19.1. The fraction of sp³-hybridized carbons (Fsp3) is 0.533. The molecule has 0 atom stereocenters. The third-order valence-corrected chi connectivity index (χ3v) is 3.78. The Balaban J connectivity index is 1.75. The molecule has 19 heavy (non-hydrogen) atoms. The Labute approximate surface area is 113 Å². The van der Waals surface area contributed by atoms with Gasteiger partial charge >= 0.3 is 0 Å². The molecule has 1 aromatic carbocycles. The summed E-state index contributed by atoms with van der Waals surface area (Å²) in [5, 5.41) is 2.76. The predicted molar refractivity (Wildman–Crippen MR) is 74.3 cm³/mol.